The van der Waals surface area contributed by atoms with Crippen LogP contribution in [0.2, 0.25) is 0 Å². The molecule has 0 aliphatic heterocycles. The van der Waals surface area contributed by atoms with Gasteiger partial charge in [0.25, 0.3) is 0 Å². The summed E-state index contributed by atoms with van der Waals surface area (Å²) in [5.74, 6) is -0.815. The summed E-state index contributed by atoms with van der Waals surface area (Å²) in [5, 5.41) is 12.9. The first kappa shape index (κ1) is 46.3. The van der Waals surface area contributed by atoms with Crippen molar-refractivity contribution in [1.82, 2.24) is 14.5 Å². The van der Waals surface area contributed by atoms with E-state index in [0.717, 1.165) is 120 Å². The second-order valence-electron chi connectivity index (χ2n) is 22.9. The Balaban J connectivity index is 0.964. The third kappa shape index (κ3) is 10.3. The molecule has 2 saturated carbocycles. The molecule has 0 unspecified atom stereocenters. The minimum atomic E-state index is -1.53. The molecule has 2 aromatic heterocycles. The fourth-order valence-electron chi connectivity index (χ4n) is 12.3. The Morgan fingerprint density at radius 3 is 1.74 bits per heavy atom. The van der Waals surface area contributed by atoms with Crippen LogP contribution in [0.25, 0.3) is 95.0 Å². The molecule has 0 atom stereocenters. The second-order valence-corrected chi connectivity index (χ2v) is 22.9. The van der Waals surface area contributed by atoms with Crippen LogP contribution in [0.1, 0.15) is 112 Å². The Hall–Kier alpha value is -8.60. The van der Waals surface area contributed by atoms with Gasteiger partial charge in [-0.1, -0.05) is 216 Å². The zero-order chi connectivity index (χ0) is 57.8. The number of imidazole rings is 1. The molecule has 9 aromatic carbocycles. The molecule has 11 aromatic rings. The maximum absolute atomic E-state index is 12.9. The molecule has 0 radical (unpaired) electrons. The van der Waals surface area contributed by atoms with Crippen molar-refractivity contribution in [3.05, 3.63) is 253 Å². The van der Waals surface area contributed by atoms with Crippen LogP contribution >= 0.6 is 0 Å². The Morgan fingerprint density at radius 2 is 1.07 bits per heavy atom. The Bertz CT molecular complexity index is 4180. The van der Waals surface area contributed by atoms with Gasteiger partial charge in [-0.25, -0.2) is 4.98 Å². The minimum Gasteiger partial charge on any atom is -0.507 e. The number of aromatic hydroxyl groups is 1. The van der Waals surface area contributed by atoms with Gasteiger partial charge < -0.3 is 5.11 Å². The van der Waals surface area contributed by atoms with E-state index >= 15 is 0 Å². The Morgan fingerprint density at radius 1 is 0.487 bits per heavy atom. The highest BCUT2D eigenvalue weighted by Crippen LogP contribution is 2.47. The van der Waals surface area contributed by atoms with Crippen molar-refractivity contribution in [1.29, 1.82) is 0 Å². The van der Waals surface area contributed by atoms with E-state index in [1.165, 1.54) is 0 Å². The van der Waals surface area contributed by atoms with Crippen LogP contribution in [0, 0.1) is 5.92 Å². The molecule has 0 amide bonds. The molecule has 2 fully saturated rings. The molecule has 394 valence electrons. The van der Waals surface area contributed by atoms with Crippen molar-refractivity contribution < 1.29 is 10.6 Å². The fraction of sp³-hybridized carbons (Fsp3) is 0.211. The summed E-state index contributed by atoms with van der Waals surface area (Å²) in [6, 6.07) is 76.7. The number of fused-ring (bicyclic) bond motifs is 1. The van der Waals surface area contributed by atoms with Gasteiger partial charge in [-0.2, -0.15) is 0 Å². The van der Waals surface area contributed by atoms with Crippen LogP contribution in [-0.4, -0.2) is 19.6 Å². The van der Waals surface area contributed by atoms with Crippen LogP contribution in [0.4, 0.5) is 0 Å². The lowest BCUT2D eigenvalue weighted by atomic mass is 9.76. The molecular weight excluding hydrogens is 971 g/mol. The summed E-state index contributed by atoms with van der Waals surface area (Å²) < 4.78 is 40.3. The maximum Gasteiger partial charge on any atom is 0.149 e. The smallest absolute Gasteiger partial charge is 0.149 e. The highest BCUT2D eigenvalue weighted by Gasteiger charge is 2.28. The number of aromatic nitrogens is 3. The third-order valence-electron chi connectivity index (χ3n) is 16.7. The van der Waals surface area contributed by atoms with E-state index in [9.17, 15) is 10.6 Å². The van der Waals surface area contributed by atoms with E-state index in [2.05, 4.69) is 159 Å². The number of hydrogen-bond donors (Lipinski definition) is 1. The predicted octanol–water partition coefficient (Wildman–Crippen LogP) is 20.3. The largest absolute Gasteiger partial charge is 0.507 e. The molecule has 4 nitrogen and oxygen atoms in total. The SMILES string of the molecule is [2H]C1(c2ccccc2)CCC([2H])(c2ccc(-c3ccnc(-c4cc(-c5cccc6c5nc(-c5cc(-c7ccccc7)cc(-c7ccccc7)c5O)n6-c5ccc(C([2H])([2H])C6CCCC6)cc5-c5ccccc5)cc(C(C)(C)C)c4)c3)cc2)CC1. The van der Waals surface area contributed by atoms with Gasteiger partial charge >= 0.3 is 0 Å². The van der Waals surface area contributed by atoms with E-state index in [4.69, 9.17) is 9.97 Å². The number of benzene rings is 9. The van der Waals surface area contributed by atoms with Crippen LogP contribution in [0.5, 0.6) is 5.75 Å². The number of phenolic OH excluding ortho intramolecular Hbond substituents is 1. The van der Waals surface area contributed by atoms with Crippen molar-refractivity contribution in [2.75, 3.05) is 0 Å². The standard InChI is InChI=1S/C76H69N3O/c1-76(2,3)65-46-63(45-64(47-65)70-50-61(41-42-77-70)58-38-36-57(37-39-58)56-34-32-55(33-35-56)53-21-8-4-9-22-53)66-29-18-30-72-73(66)78-75(69-49-62(54-23-10-5-11-24-54)48-68(74(69)80)60-27-14-7-15-28-60)79(72)71-40-31-52(43-51-19-16-17-20-51)44-67(71)59-25-12-6-13-26-59/h4-15,18,21-31,36-42,44-51,55-56,80H,16-17,19-20,32-35,43H2,1-3H3/i43D2,55D,56D. The highest BCUT2D eigenvalue weighted by atomic mass is 16.3. The van der Waals surface area contributed by atoms with Crippen LogP contribution in [0.15, 0.2) is 231 Å². The van der Waals surface area contributed by atoms with Crippen molar-refractivity contribution in [3.63, 3.8) is 0 Å². The first-order valence-electron chi connectivity index (χ1n) is 30.6. The summed E-state index contributed by atoms with van der Waals surface area (Å²) in [6.45, 7) is 6.72. The molecule has 0 saturated heterocycles. The number of phenols is 1. The van der Waals surface area contributed by atoms with Crippen LogP contribution < -0.4 is 0 Å². The molecule has 0 spiro atoms. The van der Waals surface area contributed by atoms with E-state index < -0.39 is 18.2 Å². The first-order valence-corrected chi connectivity index (χ1v) is 28.6. The molecular formula is C76H69N3O. The summed E-state index contributed by atoms with van der Waals surface area (Å²) in [4.78, 5) is 10.8. The van der Waals surface area contributed by atoms with Crippen molar-refractivity contribution in [2.24, 2.45) is 5.92 Å². The molecule has 4 heteroatoms. The fourth-order valence-corrected chi connectivity index (χ4v) is 12.3. The van der Waals surface area contributed by atoms with Gasteiger partial charge in [0.05, 0.1) is 28.0 Å². The van der Waals surface area contributed by atoms with E-state index in [0.29, 0.717) is 48.2 Å². The normalized spacial score (nSPS) is 18.6. The lowest BCUT2D eigenvalue weighted by molar-refractivity contribution is 0.396. The number of nitrogens with zero attached hydrogens (tertiary/aromatic N) is 3. The second kappa shape index (κ2) is 21.9. The highest BCUT2D eigenvalue weighted by molar-refractivity contribution is 5.99. The third-order valence-corrected chi connectivity index (χ3v) is 16.7. The molecule has 2 aliphatic carbocycles. The average molecular weight is 1040 g/mol. The molecule has 2 heterocycles. The maximum atomic E-state index is 12.9. The van der Waals surface area contributed by atoms with Crippen molar-refractivity contribution >= 4 is 11.0 Å². The topological polar surface area (TPSA) is 50.9 Å². The number of hydrogen-bond acceptors (Lipinski definition) is 3. The Kier molecular flexibility index (Phi) is 12.7. The van der Waals surface area contributed by atoms with Gasteiger partial charge in [-0.15, -0.1) is 0 Å². The summed E-state index contributed by atoms with van der Waals surface area (Å²) in [7, 11) is 0. The number of para-hydroxylation sites is 1. The van der Waals surface area contributed by atoms with Gasteiger partial charge in [0, 0.05) is 33.9 Å². The van der Waals surface area contributed by atoms with Gasteiger partial charge in [0.15, 0.2) is 0 Å². The molecule has 0 bridgehead atoms. The average Bonchev–Trinajstić information content (AvgIpc) is 2.87. The van der Waals surface area contributed by atoms with Gasteiger partial charge in [-0.3, -0.25) is 9.55 Å². The summed E-state index contributed by atoms with van der Waals surface area (Å²) in [6.07, 6.45) is 6.71. The van der Waals surface area contributed by atoms with E-state index in [-0.39, 0.29) is 17.1 Å². The first-order chi connectivity index (χ1) is 40.6. The predicted molar refractivity (Wildman–Crippen MR) is 333 cm³/mol. The quantitative estimate of drug-likeness (QED) is 0.133. The minimum absolute atomic E-state index is 0.0669. The zero-order valence-corrected chi connectivity index (χ0v) is 46.0. The monoisotopic (exact) mass is 1040 g/mol. The van der Waals surface area contributed by atoms with E-state index in [1.54, 1.807) is 0 Å². The number of rotatable bonds is 12. The van der Waals surface area contributed by atoms with Crippen LogP contribution in [-0.2, 0) is 11.8 Å². The lowest BCUT2D eigenvalue weighted by Crippen LogP contribution is -2.12. The molecule has 2 aliphatic rings. The molecule has 13 rings (SSSR count). The van der Waals surface area contributed by atoms with Crippen molar-refractivity contribution in [2.45, 2.75) is 95.7 Å². The molecule has 1 N–H and O–H groups in total. The Labute approximate surface area is 478 Å². The van der Waals surface area contributed by atoms with Gasteiger partial charge in [0.1, 0.15) is 11.6 Å². The molecule has 80 heavy (non-hydrogen) atoms. The summed E-state index contributed by atoms with van der Waals surface area (Å²) >= 11 is 0. The van der Waals surface area contributed by atoms with Gasteiger partial charge in [0.2, 0.25) is 0 Å². The van der Waals surface area contributed by atoms with Gasteiger partial charge in [-0.05, 0) is 171 Å². The van der Waals surface area contributed by atoms with Crippen LogP contribution in [0.3, 0.4) is 0 Å². The summed E-state index contributed by atoms with van der Waals surface area (Å²) in [5.41, 5.74) is 17.6. The zero-order valence-electron chi connectivity index (χ0n) is 50.0. The lowest BCUT2D eigenvalue weighted by Gasteiger charge is -2.29. The van der Waals surface area contributed by atoms with Crippen molar-refractivity contribution in [3.8, 4) is 89.7 Å². The number of pyridine rings is 1. The van der Waals surface area contributed by atoms with E-state index in [1.807, 2.05) is 97.2 Å².